The number of imide groups is 1. The molecule has 0 bridgehead atoms. The molecule has 0 fully saturated rings. The van der Waals surface area contributed by atoms with Crippen molar-refractivity contribution in [2.45, 2.75) is 13.5 Å². The van der Waals surface area contributed by atoms with Crippen molar-refractivity contribution >= 4 is 12.1 Å². The van der Waals surface area contributed by atoms with Gasteiger partial charge in [-0.1, -0.05) is 30.3 Å². The van der Waals surface area contributed by atoms with E-state index in [1.54, 1.807) is 6.92 Å². The summed E-state index contributed by atoms with van der Waals surface area (Å²) in [6.07, 6.45) is 0. The van der Waals surface area contributed by atoms with Crippen LogP contribution in [0.5, 0.6) is 0 Å². The van der Waals surface area contributed by atoms with Crippen LogP contribution in [0.15, 0.2) is 30.3 Å². The number of hydrogen-bond donors (Lipinski definition) is 2. The minimum absolute atomic E-state index is 0.260. The molecule has 0 aliphatic heterocycles. The van der Waals surface area contributed by atoms with Gasteiger partial charge in [0.2, 0.25) is 0 Å². The van der Waals surface area contributed by atoms with Crippen LogP contribution in [0.1, 0.15) is 12.5 Å². The maximum absolute atomic E-state index is 11.5. The van der Waals surface area contributed by atoms with Gasteiger partial charge in [0.15, 0.2) is 0 Å². The topological polar surface area (TPSA) is 75.4 Å². The van der Waals surface area contributed by atoms with E-state index in [0.29, 0.717) is 6.54 Å². The largest absolute Gasteiger partial charge is 0.351 e. The smallest absolute Gasteiger partial charge is 0.325 e. The van der Waals surface area contributed by atoms with E-state index in [9.17, 15) is 9.59 Å². The summed E-state index contributed by atoms with van der Waals surface area (Å²) in [5, 5.41) is 2.62. The van der Waals surface area contributed by atoms with Gasteiger partial charge in [0.25, 0.3) is 0 Å². The van der Waals surface area contributed by atoms with Crippen molar-refractivity contribution in [2.75, 3.05) is 6.54 Å². The zero-order valence-corrected chi connectivity index (χ0v) is 9.14. The average molecular weight is 221 g/mol. The Morgan fingerprint density at radius 1 is 1.31 bits per heavy atom. The van der Waals surface area contributed by atoms with Crippen molar-refractivity contribution in [3.63, 3.8) is 0 Å². The molecular weight excluding hydrogens is 206 g/mol. The lowest BCUT2D eigenvalue weighted by atomic mass is 10.2. The molecule has 0 radical (unpaired) electrons. The van der Waals surface area contributed by atoms with Gasteiger partial charge >= 0.3 is 12.1 Å². The van der Waals surface area contributed by atoms with Gasteiger partial charge in [0, 0.05) is 13.1 Å². The fourth-order valence-corrected chi connectivity index (χ4v) is 1.27. The van der Waals surface area contributed by atoms with Crippen LogP contribution in [-0.4, -0.2) is 23.5 Å². The van der Waals surface area contributed by atoms with Crippen molar-refractivity contribution in [1.82, 2.24) is 10.2 Å². The summed E-state index contributed by atoms with van der Waals surface area (Å²) in [5.41, 5.74) is 6.01. The van der Waals surface area contributed by atoms with Crippen LogP contribution >= 0.6 is 0 Å². The van der Waals surface area contributed by atoms with Gasteiger partial charge < -0.3 is 11.1 Å². The summed E-state index contributed by atoms with van der Waals surface area (Å²) in [5.74, 6) is 0. The molecule has 0 heterocycles. The molecule has 5 nitrogen and oxygen atoms in total. The predicted molar refractivity (Wildman–Crippen MR) is 60.6 cm³/mol. The monoisotopic (exact) mass is 221 g/mol. The third kappa shape index (κ3) is 3.27. The maximum atomic E-state index is 11.5. The van der Waals surface area contributed by atoms with E-state index in [4.69, 9.17) is 5.73 Å². The normalized spacial score (nSPS) is 9.56. The van der Waals surface area contributed by atoms with Crippen LogP contribution < -0.4 is 11.1 Å². The lowest BCUT2D eigenvalue weighted by Crippen LogP contribution is -2.46. The molecule has 0 aliphatic carbocycles. The van der Waals surface area contributed by atoms with Crippen LogP contribution in [-0.2, 0) is 6.54 Å². The summed E-state index contributed by atoms with van der Waals surface area (Å²) in [6, 6.07) is 8.22. The first-order chi connectivity index (χ1) is 7.65. The van der Waals surface area contributed by atoms with Crippen LogP contribution in [0.4, 0.5) is 9.59 Å². The molecule has 0 aromatic heterocycles. The van der Waals surface area contributed by atoms with Gasteiger partial charge in [-0.15, -0.1) is 0 Å². The Bertz CT molecular complexity index is 365. The molecule has 1 aromatic carbocycles. The highest BCUT2D eigenvalue weighted by molar-refractivity contribution is 5.92. The number of carbonyl (C=O) groups excluding carboxylic acids is 2. The first kappa shape index (κ1) is 12.0. The number of urea groups is 2. The van der Waals surface area contributed by atoms with Crippen molar-refractivity contribution in [3.8, 4) is 0 Å². The maximum Gasteiger partial charge on any atom is 0.325 e. The standard InChI is InChI=1S/C11H15N3O2/c1-2-14(10(12)15)11(16)13-8-9-6-4-3-5-7-9/h3-7H,2,8H2,1H3,(H2,12,15)(H,13,16). The summed E-state index contributed by atoms with van der Waals surface area (Å²) < 4.78 is 0. The molecule has 0 saturated carbocycles. The molecule has 3 N–H and O–H groups in total. The Hall–Kier alpha value is -2.04. The number of benzene rings is 1. The Morgan fingerprint density at radius 3 is 2.44 bits per heavy atom. The highest BCUT2D eigenvalue weighted by atomic mass is 16.2. The highest BCUT2D eigenvalue weighted by Crippen LogP contribution is 1.98. The minimum Gasteiger partial charge on any atom is -0.351 e. The van der Waals surface area contributed by atoms with E-state index in [2.05, 4.69) is 5.32 Å². The van der Waals surface area contributed by atoms with Crippen molar-refractivity contribution in [2.24, 2.45) is 5.73 Å². The van der Waals surface area contributed by atoms with Crippen LogP contribution in [0.2, 0.25) is 0 Å². The molecule has 0 aliphatic rings. The Balaban J connectivity index is 2.49. The third-order valence-corrected chi connectivity index (χ3v) is 2.11. The molecule has 5 heteroatoms. The van der Waals surface area contributed by atoms with Gasteiger partial charge in [0.1, 0.15) is 0 Å². The molecule has 0 saturated heterocycles. The number of hydrogen-bond acceptors (Lipinski definition) is 2. The van der Waals surface area contributed by atoms with E-state index in [0.717, 1.165) is 10.5 Å². The number of nitrogens with zero attached hydrogens (tertiary/aromatic N) is 1. The third-order valence-electron chi connectivity index (χ3n) is 2.11. The van der Waals surface area contributed by atoms with Gasteiger partial charge in [-0.3, -0.25) is 0 Å². The van der Waals surface area contributed by atoms with Crippen molar-refractivity contribution in [3.05, 3.63) is 35.9 Å². The number of carbonyl (C=O) groups is 2. The molecule has 0 spiro atoms. The van der Waals surface area contributed by atoms with Crippen LogP contribution in [0.25, 0.3) is 0 Å². The molecule has 16 heavy (non-hydrogen) atoms. The van der Waals surface area contributed by atoms with E-state index < -0.39 is 12.1 Å². The summed E-state index contributed by atoms with van der Waals surface area (Å²) in [7, 11) is 0. The Kier molecular flexibility index (Phi) is 4.32. The van der Waals surface area contributed by atoms with E-state index in [1.807, 2.05) is 30.3 Å². The summed E-state index contributed by atoms with van der Waals surface area (Å²) in [6.45, 7) is 2.33. The fraction of sp³-hybridized carbons (Fsp3) is 0.273. The number of primary amides is 1. The van der Waals surface area contributed by atoms with E-state index in [1.165, 1.54) is 0 Å². The zero-order valence-electron chi connectivity index (χ0n) is 9.14. The second-order valence-corrected chi connectivity index (χ2v) is 3.23. The van der Waals surface area contributed by atoms with Gasteiger partial charge in [-0.2, -0.15) is 0 Å². The van der Waals surface area contributed by atoms with Gasteiger partial charge in [-0.25, -0.2) is 14.5 Å². The molecule has 0 atom stereocenters. The first-order valence-corrected chi connectivity index (χ1v) is 5.04. The molecule has 86 valence electrons. The van der Waals surface area contributed by atoms with E-state index in [-0.39, 0.29) is 6.54 Å². The molecular formula is C11H15N3O2. The number of rotatable bonds is 3. The van der Waals surface area contributed by atoms with E-state index >= 15 is 0 Å². The van der Waals surface area contributed by atoms with Crippen molar-refractivity contribution < 1.29 is 9.59 Å². The predicted octanol–water partition coefficient (Wildman–Crippen LogP) is 1.30. The minimum atomic E-state index is -0.743. The average Bonchev–Trinajstić information content (AvgIpc) is 2.28. The first-order valence-electron chi connectivity index (χ1n) is 5.04. The zero-order chi connectivity index (χ0) is 12.0. The second kappa shape index (κ2) is 5.75. The quantitative estimate of drug-likeness (QED) is 0.807. The number of nitrogens with two attached hydrogens (primary N) is 1. The Labute approximate surface area is 94.2 Å². The van der Waals surface area contributed by atoms with Gasteiger partial charge in [0.05, 0.1) is 0 Å². The molecule has 4 amide bonds. The number of nitrogens with one attached hydrogen (secondary N) is 1. The Morgan fingerprint density at radius 2 is 1.94 bits per heavy atom. The molecule has 1 aromatic rings. The van der Waals surface area contributed by atoms with Gasteiger partial charge in [-0.05, 0) is 12.5 Å². The lowest BCUT2D eigenvalue weighted by Gasteiger charge is -2.16. The SMILES string of the molecule is CCN(C(N)=O)C(=O)NCc1ccccc1. The summed E-state index contributed by atoms with van der Waals surface area (Å²) >= 11 is 0. The molecule has 0 unspecified atom stereocenters. The summed E-state index contributed by atoms with van der Waals surface area (Å²) in [4.78, 5) is 23.3. The number of amides is 4. The van der Waals surface area contributed by atoms with Crippen molar-refractivity contribution in [1.29, 1.82) is 0 Å². The molecule has 1 rings (SSSR count). The highest BCUT2D eigenvalue weighted by Gasteiger charge is 2.15. The lowest BCUT2D eigenvalue weighted by molar-refractivity contribution is 0.193. The van der Waals surface area contributed by atoms with Crippen LogP contribution in [0, 0.1) is 0 Å². The second-order valence-electron chi connectivity index (χ2n) is 3.23. The van der Waals surface area contributed by atoms with Crippen LogP contribution in [0.3, 0.4) is 0 Å². The fourth-order valence-electron chi connectivity index (χ4n) is 1.27.